The summed E-state index contributed by atoms with van der Waals surface area (Å²) in [5, 5.41) is 6.03. The molecular formula is C13H16BrN5O. The maximum atomic E-state index is 5.05. The van der Waals surface area contributed by atoms with E-state index >= 15 is 0 Å². The van der Waals surface area contributed by atoms with Crippen LogP contribution in [0.2, 0.25) is 0 Å². The van der Waals surface area contributed by atoms with E-state index in [1.807, 2.05) is 26.0 Å². The number of ether oxygens (including phenoxy) is 1. The number of nitrogens with one attached hydrogen (secondary N) is 2. The van der Waals surface area contributed by atoms with Crippen LogP contribution in [0.25, 0.3) is 0 Å². The summed E-state index contributed by atoms with van der Waals surface area (Å²) in [6, 6.07) is 4.30. The zero-order chi connectivity index (χ0) is 14.7. The van der Waals surface area contributed by atoms with Crippen LogP contribution in [-0.4, -0.2) is 29.1 Å². The van der Waals surface area contributed by atoms with Gasteiger partial charge in [-0.05, 0) is 37.1 Å². The average Bonchev–Trinajstić information content (AvgIpc) is 2.44. The lowest BCUT2D eigenvalue weighted by atomic mass is 10.1. The number of hydrogen-bond donors (Lipinski definition) is 2. The lowest BCUT2D eigenvalue weighted by Gasteiger charge is -2.10. The predicted molar refractivity (Wildman–Crippen MR) is 82.8 cm³/mol. The molecule has 2 rings (SSSR count). The number of nitrogens with zero attached hydrogens (tertiary/aromatic N) is 3. The molecule has 6 nitrogen and oxygen atoms in total. The van der Waals surface area contributed by atoms with Crippen LogP contribution in [0.1, 0.15) is 11.1 Å². The smallest absolute Gasteiger partial charge is 0.322 e. The number of anilines is 3. The molecule has 0 radical (unpaired) electrons. The van der Waals surface area contributed by atoms with E-state index in [0.29, 0.717) is 11.9 Å². The molecule has 7 heteroatoms. The highest BCUT2D eigenvalue weighted by molar-refractivity contribution is 9.10. The van der Waals surface area contributed by atoms with Gasteiger partial charge in [-0.3, -0.25) is 0 Å². The summed E-state index contributed by atoms with van der Waals surface area (Å²) < 4.78 is 6.16. The van der Waals surface area contributed by atoms with Crippen molar-refractivity contribution in [1.82, 2.24) is 15.0 Å². The number of hydrogen-bond acceptors (Lipinski definition) is 6. The van der Waals surface area contributed by atoms with Crippen molar-refractivity contribution in [3.05, 3.63) is 27.7 Å². The molecule has 20 heavy (non-hydrogen) atoms. The molecule has 0 amide bonds. The molecule has 0 atom stereocenters. The van der Waals surface area contributed by atoms with Gasteiger partial charge in [-0.2, -0.15) is 15.0 Å². The molecule has 0 unspecified atom stereocenters. The summed E-state index contributed by atoms with van der Waals surface area (Å²) in [5.74, 6) is 0.882. The first-order chi connectivity index (χ1) is 9.53. The zero-order valence-electron chi connectivity index (χ0n) is 11.8. The SMILES string of the molecule is CNc1nc(Nc2cc(C)c(Br)c(C)c2)nc(OC)n1. The van der Waals surface area contributed by atoms with Crippen molar-refractivity contribution in [1.29, 1.82) is 0 Å². The first-order valence-corrected chi connectivity index (χ1v) is 6.84. The molecule has 0 spiro atoms. The molecule has 2 aromatic rings. The maximum absolute atomic E-state index is 5.05. The third-order valence-corrected chi connectivity index (χ3v) is 3.96. The monoisotopic (exact) mass is 337 g/mol. The minimum Gasteiger partial charge on any atom is -0.467 e. The number of aromatic nitrogens is 3. The quantitative estimate of drug-likeness (QED) is 0.893. The number of rotatable bonds is 4. The van der Waals surface area contributed by atoms with Crippen molar-refractivity contribution in [2.75, 3.05) is 24.8 Å². The van der Waals surface area contributed by atoms with Crippen LogP contribution in [0, 0.1) is 13.8 Å². The number of benzene rings is 1. The predicted octanol–water partition coefficient (Wildman–Crippen LogP) is 3.04. The molecule has 1 heterocycles. The molecule has 2 N–H and O–H groups in total. The molecule has 0 aliphatic carbocycles. The second kappa shape index (κ2) is 6.04. The van der Waals surface area contributed by atoms with Crippen molar-refractivity contribution in [3.63, 3.8) is 0 Å². The Morgan fingerprint density at radius 3 is 2.20 bits per heavy atom. The molecular weight excluding hydrogens is 322 g/mol. The van der Waals surface area contributed by atoms with Crippen LogP contribution >= 0.6 is 15.9 Å². The molecule has 0 aliphatic heterocycles. The van der Waals surface area contributed by atoms with Gasteiger partial charge in [0.15, 0.2) is 0 Å². The van der Waals surface area contributed by atoms with Gasteiger partial charge >= 0.3 is 6.01 Å². The molecule has 1 aromatic carbocycles. The van der Waals surface area contributed by atoms with Crippen molar-refractivity contribution in [2.24, 2.45) is 0 Å². The fourth-order valence-electron chi connectivity index (χ4n) is 1.76. The third kappa shape index (κ3) is 3.16. The number of methoxy groups -OCH3 is 1. The Labute approximate surface area is 126 Å². The second-order valence-corrected chi connectivity index (χ2v) is 5.06. The highest BCUT2D eigenvalue weighted by atomic mass is 79.9. The fraction of sp³-hybridized carbons (Fsp3) is 0.308. The highest BCUT2D eigenvalue weighted by Gasteiger charge is 2.08. The van der Waals surface area contributed by atoms with Gasteiger partial charge in [-0.25, -0.2) is 0 Å². The Morgan fingerprint density at radius 2 is 1.65 bits per heavy atom. The minimum atomic E-state index is 0.261. The molecule has 0 saturated carbocycles. The Bertz CT molecular complexity index is 587. The highest BCUT2D eigenvalue weighted by Crippen LogP contribution is 2.26. The second-order valence-electron chi connectivity index (χ2n) is 4.27. The maximum Gasteiger partial charge on any atom is 0.322 e. The van der Waals surface area contributed by atoms with E-state index in [0.717, 1.165) is 21.3 Å². The summed E-state index contributed by atoms with van der Waals surface area (Å²) in [5.41, 5.74) is 3.20. The van der Waals surface area contributed by atoms with Gasteiger partial charge in [-0.15, -0.1) is 0 Å². The van der Waals surface area contributed by atoms with E-state index in [4.69, 9.17) is 4.74 Å². The Balaban J connectivity index is 2.34. The molecule has 106 valence electrons. The number of halogens is 1. The largest absolute Gasteiger partial charge is 0.467 e. The van der Waals surface area contributed by atoms with E-state index in [1.54, 1.807) is 7.05 Å². The lowest BCUT2D eigenvalue weighted by molar-refractivity contribution is 0.379. The number of aryl methyl sites for hydroxylation is 2. The minimum absolute atomic E-state index is 0.261. The summed E-state index contributed by atoms with van der Waals surface area (Å²) in [4.78, 5) is 12.5. The van der Waals surface area contributed by atoms with E-state index in [2.05, 4.69) is 41.5 Å². The molecule has 1 aromatic heterocycles. The van der Waals surface area contributed by atoms with E-state index in [1.165, 1.54) is 7.11 Å². The standard InChI is InChI=1S/C13H16BrN5O/c1-7-5-9(6-8(2)10(7)14)16-12-17-11(15-3)18-13(19-12)20-4/h5-6H,1-4H3,(H2,15,16,17,18,19). The van der Waals surface area contributed by atoms with E-state index in [9.17, 15) is 0 Å². The van der Waals surface area contributed by atoms with Crippen molar-refractivity contribution >= 4 is 33.5 Å². The summed E-state index contributed by atoms with van der Waals surface area (Å²) in [6.45, 7) is 4.07. The first kappa shape index (κ1) is 14.5. The summed E-state index contributed by atoms with van der Waals surface area (Å²) in [7, 11) is 3.26. The van der Waals surface area contributed by atoms with E-state index < -0.39 is 0 Å². The summed E-state index contributed by atoms with van der Waals surface area (Å²) in [6.07, 6.45) is 0. The van der Waals surface area contributed by atoms with Gasteiger partial charge in [0, 0.05) is 17.2 Å². The van der Waals surface area contributed by atoms with Gasteiger partial charge in [-0.1, -0.05) is 15.9 Å². The first-order valence-electron chi connectivity index (χ1n) is 6.05. The Morgan fingerprint density at radius 1 is 1.05 bits per heavy atom. The Kier molecular flexibility index (Phi) is 4.39. The van der Waals surface area contributed by atoms with Crippen LogP contribution in [0.15, 0.2) is 16.6 Å². The van der Waals surface area contributed by atoms with Crippen LogP contribution < -0.4 is 15.4 Å². The molecule has 0 bridgehead atoms. The van der Waals surface area contributed by atoms with Gasteiger partial charge in [0.25, 0.3) is 0 Å². The van der Waals surface area contributed by atoms with Gasteiger partial charge < -0.3 is 15.4 Å². The topological polar surface area (TPSA) is 72.0 Å². The normalized spacial score (nSPS) is 10.2. The van der Waals surface area contributed by atoms with Crippen LogP contribution in [0.3, 0.4) is 0 Å². The average molecular weight is 338 g/mol. The van der Waals surface area contributed by atoms with Crippen LogP contribution in [-0.2, 0) is 0 Å². The Hall–Kier alpha value is -1.89. The summed E-state index contributed by atoms with van der Waals surface area (Å²) >= 11 is 3.55. The fourth-order valence-corrected chi connectivity index (χ4v) is 1.99. The molecule has 0 fully saturated rings. The van der Waals surface area contributed by atoms with Gasteiger partial charge in [0.2, 0.25) is 11.9 Å². The van der Waals surface area contributed by atoms with Gasteiger partial charge in [0.05, 0.1) is 7.11 Å². The van der Waals surface area contributed by atoms with Crippen molar-refractivity contribution in [3.8, 4) is 6.01 Å². The molecule has 0 aliphatic rings. The van der Waals surface area contributed by atoms with Crippen LogP contribution in [0.5, 0.6) is 6.01 Å². The van der Waals surface area contributed by atoms with E-state index in [-0.39, 0.29) is 6.01 Å². The lowest BCUT2D eigenvalue weighted by Crippen LogP contribution is -2.05. The third-order valence-electron chi connectivity index (χ3n) is 2.71. The van der Waals surface area contributed by atoms with Crippen molar-refractivity contribution < 1.29 is 4.74 Å². The zero-order valence-corrected chi connectivity index (χ0v) is 13.4. The molecule has 0 saturated heterocycles. The van der Waals surface area contributed by atoms with Crippen molar-refractivity contribution in [2.45, 2.75) is 13.8 Å². The van der Waals surface area contributed by atoms with Crippen LogP contribution in [0.4, 0.5) is 17.6 Å². The van der Waals surface area contributed by atoms with Gasteiger partial charge in [0.1, 0.15) is 0 Å².